The van der Waals surface area contributed by atoms with Crippen molar-refractivity contribution in [1.82, 2.24) is 4.90 Å². The Morgan fingerprint density at radius 1 is 1.08 bits per heavy atom. The summed E-state index contributed by atoms with van der Waals surface area (Å²) in [5.74, 6) is 0. The third kappa shape index (κ3) is 5.76. The molecule has 4 nitrogen and oxygen atoms in total. The van der Waals surface area contributed by atoms with Crippen LogP contribution in [0.1, 0.15) is 68.8 Å². The van der Waals surface area contributed by atoms with Crippen molar-refractivity contribution in [2.75, 3.05) is 13.1 Å². The Balaban J connectivity index is 1.98. The first-order valence-corrected chi connectivity index (χ1v) is 10.7. The monoisotopic (exact) mass is 377 g/mol. The molecule has 1 amide bonds. The van der Waals surface area contributed by atoms with Gasteiger partial charge in [0.25, 0.3) is 0 Å². The van der Waals surface area contributed by atoms with Gasteiger partial charge in [-0.2, -0.15) is 0 Å². The van der Waals surface area contributed by atoms with E-state index in [1.807, 2.05) is 38.1 Å². The van der Waals surface area contributed by atoms with Crippen LogP contribution in [0.3, 0.4) is 0 Å². The zero-order valence-corrected chi connectivity index (χ0v) is 17.0. The lowest BCUT2D eigenvalue weighted by Crippen LogP contribution is -2.39. The van der Waals surface area contributed by atoms with E-state index in [0.717, 1.165) is 44.1 Å². The van der Waals surface area contributed by atoms with E-state index in [0.29, 0.717) is 13.1 Å². The molecule has 26 heavy (non-hydrogen) atoms. The lowest BCUT2D eigenvalue weighted by molar-refractivity contribution is 0.0510. The first kappa shape index (κ1) is 20.8. The molecule has 0 aliphatic heterocycles. The Labute approximate surface area is 161 Å². The number of carbonyl (C=O) groups is 2. The molecule has 1 saturated carbocycles. The van der Waals surface area contributed by atoms with Crippen molar-refractivity contribution in [3.63, 3.8) is 0 Å². The fourth-order valence-corrected chi connectivity index (χ4v) is 4.50. The van der Waals surface area contributed by atoms with Crippen LogP contribution in [0.5, 0.6) is 0 Å². The van der Waals surface area contributed by atoms with Crippen molar-refractivity contribution in [3.8, 4) is 0 Å². The summed E-state index contributed by atoms with van der Waals surface area (Å²) >= 11 is 1.34. The van der Waals surface area contributed by atoms with Gasteiger partial charge in [-0.1, -0.05) is 55.8 Å². The van der Waals surface area contributed by atoms with Gasteiger partial charge in [0, 0.05) is 23.9 Å². The van der Waals surface area contributed by atoms with Crippen LogP contribution in [-0.2, 0) is 11.2 Å². The number of amides is 1. The second-order valence-electron chi connectivity index (χ2n) is 6.77. The van der Waals surface area contributed by atoms with Gasteiger partial charge in [-0.15, -0.1) is 0 Å². The van der Waals surface area contributed by atoms with E-state index in [-0.39, 0.29) is 22.6 Å². The second-order valence-corrected chi connectivity index (χ2v) is 7.98. The molecule has 0 saturated heterocycles. The summed E-state index contributed by atoms with van der Waals surface area (Å²) in [7, 11) is 0. The third-order valence-corrected chi connectivity index (χ3v) is 6.19. The quantitative estimate of drug-likeness (QED) is 0.647. The minimum Gasteiger partial charge on any atom is -0.445 e. The number of hydrogen-bond donors (Lipinski definition) is 0. The molecular formula is C21H31NO3S. The van der Waals surface area contributed by atoms with Gasteiger partial charge < -0.3 is 9.64 Å². The van der Waals surface area contributed by atoms with E-state index in [1.165, 1.54) is 17.3 Å². The van der Waals surface area contributed by atoms with Crippen LogP contribution in [0.2, 0.25) is 0 Å². The summed E-state index contributed by atoms with van der Waals surface area (Å²) in [4.78, 5) is 26.6. The molecule has 0 spiro atoms. The van der Waals surface area contributed by atoms with Crippen LogP contribution in [-0.4, -0.2) is 40.6 Å². The number of aryl methyl sites for hydroxylation is 1. The predicted octanol–water partition coefficient (Wildman–Crippen LogP) is 5.30. The molecule has 2 unspecified atom stereocenters. The molecule has 0 radical (unpaired) electrons. The van der Waals surface area contributed by atoms with Gasteiger partial charge in [-0.05, 0) is 45.1 Å². The highest BCUT2D eigenvalue weighted by molar-refractivity contribution is 8.14. The van der Waals surface area contributed by atoms with Crippen molar-refractivity contribution in [2.24, 2.45) is 0 Å². The van der Waals surface area contributed by atoms with Crippen LogP contribution >= 0.6 is 11.8 Å². The molecule has 0 aromatic heterocycles. The van der Waals surface area contributed by atoms with Crippen molar-refractivity contribution >= 4 is 23.0 Å². The largest absolute Gasteiger partial charge is 0.445 e. The highest BCUT2D eigenvalue weighted by atomic mass is 32.2. The summed E-state index contributed by atoms with van der Waals surface area (Å²) in [6, 6.07) is 7.91. The summed E-state index contributed by atoms with van der Waals surface area (Å²) in [5, 5.41) is 0.120. The van der Waals surface area contributed by atoms with E-state index in [1.54, 1.807) is 4.90 Å². The van der Waals surface area contributed by atoms with Gasteiger partial charge >= 0.3 is 6.09 Å². The van der Waals surface area contributed by atoms with E-state index in [2.05, 4.69) is 6.92 Å². The number of carbonyl (C=O) groups excluding carboxylic acids is 2. The van der Waals surface area contributed by atoms with Crippen LogP contribution in [0.4, 0.5) is 4.79 Å². The average Bonchev–Trinajstić information content (AvgIpc) is 2.65. The normalized spacial score (nSPS) is 19.8. The highest BCUT2D eigenvalue weighted by Gasteiger charge is 2.32. The molecule has 1 aliphatic carbocycles. The molecular weight excluding hydrogens is 346 g/mol. The first-order chi connectivity index (χ1) is 12.6. The Bertz CT molecular complexity index is 583. The van der Waals surface area contributed by atoms with Gasteiger partial charge in [0.1, 0.15) is 6.10 Å². The van der Waals surface area contributed by atoms with Crippen LogP contribution in [0.25, 0.3) is 0 Å². The number of ether oxygens (including phenoxy) is 1. The van der Waals surface area contributed by atoms with Crippen molar-refractivity contribution < 1.29 is 14.3 Å². The zero-order chi connectivity index (χ0) is 18.9. The average molecular weight is 378 g/mol. The minimum absolute atomic E-state index is 0.0473. The van der Waals surface area contributed by atoms with Gasteiger partial charge in [-0.25, -0.2) is 4.79 Å². The fourth-order valence-electron chi connectivity index (χ4n) is 3.32. The van der Waals surface area contributed by atoms with Gasteiger partial charge in [0.2, 0.25) is 5.12 Å². The Morgan fingerprint density at radius 2 is 1.73 bits per heavy atom. The van der Waals surface area contributed by atoms with E-state index < -0.39 is 0 Å². The number of thioether (sulfide) groups is 1. The second kappa shape index (κ2) is 10.6. The Kier molecular flexibility index (Phi) is 8.49. The molecule has 0 bridgehead atoms. The summed E-state index contributed by atoms with van der Waals surface area (Å²) < 4.78 is 5.75. The zero-order valence-electron chi connectivity index (χ0n) is 16.2. The number of benzene rings is 1. The minimum atomic E-state index is -0.260. The topological polar surface area (TPSA) is 46.6 Å². The van der Waals surface area contributed by atoms with Crippen LogP contribution in [0.15, 0.2) is 24.3 Å². The molecule has 0 N–H and O–H groups in total. The van der Waals surface area contributed by atoms with Gasteiger partial charge in [-0.3, -0.25) is 4.79 Å². The highest BCUT2D eigenvalue weighted by Crippen LogP contribution is 2.33. The molecule has 1 aliphatic rings. The number of rotatable bonds is 7. The van der Waals surface area contributed by atoms with Crippen molar-refractivity contribution in [1.29, 1.82) is 0 Å². The molecule has 5 heteroatoms. The van der Waals surface area contributed by atoms with Gasteiger partial charge in [0.05, 0.1) is 0 Å². The molecule has 144 valence electrons. The smallest absolute Gasteiger partial charge is 0.410 e. The van der Waals surface area contributed by atoms with E-state index >= 15 is 0 Å². The standard InChI is InChI=1S/C21H31NO3S/c1-4-9-16-12-14-17(15-13-16)20(23)26-19-11-8-7-10-18(19)25-21(24)22(5-2)6-3/h12-15,18-19H,4-11H2,1-3H3. The molecule has 1 fully saturated rings. The maximum atomic E-state index is 12.7. The lowest BCUT2D eigenvalue weighted by Gasteiger charge is -2.32. The first-order valence-electron chi connectivity index (χ1n) is 9.84. The Morgan fingerprint density at radius 3 is 2.35 bits per heavy atom. The summed E-state index contributed by atoms with van der Waals surface area (Å²) in [6.45, 7) is 7.33. The van der Waals surface area contributed by atoms with E-state index in [9.17, 15) is 9.59 Å². The summed E-state index contributed by atoms with van der Waals surface area (Å²) in [5.41, 5.74) is 1.99. The summed E-state index contributed by atoms with van der Waals surface area (Å²) in [6.07, 6.45) is 5.59. The predicted molar refractivity (Wildman–Crippen MR) is 108 cm³/mol. The molecule has 2 rings (SSSR count). The van der Waals surface area contributed by atoms with Crippen LogP contribution < -0.4 is 0 Å². The van der Waals surface area contributed by atoms with E-state index in [4.69, 9.17) is 4.74 Å². The van der Waals surface area contributed by atoms with Gasteiger partial charge in [0.15, 0.2) is 0 Å². The maximum absolute atomic E-state index is 12.7. The molecule has 1 aromatic rings. The van der Waals surface area contributed by atoms with Crippen molar-refractivity contribution in [3.05, 3.63) is 35.4 Å². The number of nitrogens with zero attached hydrogens (tertiary/aromatic N) is 1. The maximum Gasteiger partial charge on any atom is 0.410 e. The SMILES string of the molecule is CCCc1ccc(C(=O)SC2CCCCC2OC(=O)N(CC)CC)cc1. The lowest BCUT2D eigenvalue weighted by atomic mass is 9.97. The fraction of sp³-hybridized carbons (Fsp3) is 0.619. The third-order valence-electron chi connectivity index (χ3n) is 4.90. The number of hydrogen-bond acceptors (Lipinski definition) is 4. The van der Waals surface area contributed by atoms with Crippen molar-refractivity contribution in [2.45, 2.75) is 70.7 Å². The molecule has 1 aromatic carbocycles. The van der Waals surface area contributed by atoms with Crippen LogP contribution in [0, 0.1) is 0 Å². The molecule has 0 heterocycles. The Hall–Kier alpha value is -1.49. The molecule has 2 atom stereocenters.